The summed E-state index contributed by atoms with van der Waals surface area (Å²) >= 11 is 0. The fraction of sp³-hybridized carbons (Fsp3) is 0. The lowest BCUT2D eigenvalue weighted by Gasteiger charge is -2.26. The van der Waals surface area contributed by atoms with Crippen LogP contribution in [0, 0.1) is 0 Å². The van der Waals surface area contributed by atoms with Crippen LogP contribution in [0.5, 0.6) is 0 Å². The minimum absolute atomic E-state index is 0.921. The Labute approximate surface area is 279 Å². The van der Waals surface area contributed by atoms with Gasteiger partial charge in [0.15, 0.2) is 0 Å². The molecule has 0 atom stereocenters. The summed E-state index contributed by atoms with van der Waals surface area (Å²) in [5.74, 6) is 0.921. The molecule has 0 aliphatic carbocycles. The quantitative estimate of drug-likeness (QED) is 0.186. The first-order chi connectivity index (χ1) is 23.8. The third-order valence-electron chi connectivity index (χ3n) is 9.17. The van der Waals surface area contributed by atoms with Crippen molar-refractivity contribution < 1.29 is 0 Å². The van der Waals surface area contributed by atoms with Crippen molar-refractivity contribution >= 4 is 49.6 Å². The summed E-state index contributed by atoms with van der Waals surface area (Å²) in [6.07, 6.45) is 0. The van der Waals surface area contributed by atoms with Gasteiger partial charge < -0.3 is 4.90 Å². The Bertz CT molecular complexity index is 2530. The van der Waals surface area contributed by atoms with Crippen molar-refractivity contribution in [3.05, 3.63) is 188 Å². The molecule has 0 fully saturated rings. The minimum Gasteiger partial charge on any atom is -0.311 e. The van der Waals surface area contributed by atoms with Gasteiger partial charge in [-0.05, 0) is 100 Å². The second-order valence-electron chi connectivity index (χ2n) is 12.1. The van der Waals surface area contributed by atoms with Gasteiger partial charge in [-0.15, -0.1) is 0 Å². The highest BCUT2D eigenvalue weighted by molar-refractivity contribution is 6.06. The molecule has 1 aromatic heterocycles. The van der Waals surface area contributed by atoms with Gasteiger partial charge in [-0.1, -0.05) is 115 Å². The van der Waals surface area contributed by atoms with E-state index >= 15 is 0 Å². The van der Waals surface area contributed by atoms with Crippen molar-refractivity contribution in [2.24, 2.45) is 0 Å². The SMILES string of the molecule is c1ccc(N(c2ccc(-c3ccc4ccccc4c3)cc2)c2ccc(-c3nc4c5ccccc5ccc4n3-c3ccccc3)cc2)cc1. The predicted octanol–water partition coefficient (Wildman–Crippen LogP) is 12.1. The van der Waals surface area contributed by atoms with Gasteiger partial charge in [0.25, 0.3) is 0 Å². The number of imidazole rings is 1. The third kappa shape index (κ3) is 4.90. The summed E-state index contributed by atoms with van der Waals surface area (Å²) in [6.45, 7) is 0. The maximum Gasteiger partial charge on any atom is 0.145 e. The lowest BCUT2D eigenvalue weighted by molar-refractivity contribution is 1.10. The van der Waals surface area contributed by atoms with Gasteiger partial charge in [0.1, 0.15) is 5.82 Å². The Kier molecular flexibility index (Phi) is 6.80. The molecule has 3 nitrogen and oxygen atoms in total. The van der Waals surface area contributed by atoms with Gasteiger partial charge in [-0.25, -0.2) is 4.98 Å². The maximum atomic E-state index is 5.29. The summed E-state index contributed by atoms with van der Waals surface area (Å²) in [5.41, 5.74) is 9.94. The smallest absolute Gasteiger partial charge is 0.145 e. The van der Waals surface area contributed by atoms with Crippen LogP contribution in [-0.2, 0) is 0 Å². The first kappa shape index (κ1) is 27.8. The Balaban J connectivity index is 1.13. The van der Waals surface area contributed by atoms with Crippen LogP contribution in [0.2, 0.25) is 0 Å². The average Bonchev–Trinajstić information content (AvgIpc) is 3.56. The number of rotatable bonds is 6. The second kappa shape index (κ2) is 11.7. The molecular formula is C45H31N3. The zero-order chi connectivity index (χ0) is 31.9. The monoisotopic (exact) mass is 613 g/mol. The Morgan fingerprint density at radius 1 is 0.396 bits per heavy atom. The first-order valence-electron chi connectivity index (χ1n) is 16.3. The largest absolute Gasteiger partial charge is 0.311 e. The van der Waals surface area contributed by atoms with E-state index in [1.165, 1.54) is 27.3 Å². The number of fused-ring (bicyclic) bond motifs is 4. The van der Waals surface area contributed by atoms with Crippen LogP contribution in [0.15, 0.2) is 188 Å². The van der Waals surface area contributed by atoms with E-state index < -0.39 is 0 Å². The van der Waals surface area contributed by atoms with Crippen molar-refractivity contribution in [3.8, 4) is 28.2 Å². The van der Waals surface area contributed by atoms with Crippen molar-refractivity contribution in [3.63, 3.8) is 0 Å². The summed E-state index contributed by atoms with van der Waals surface area (Å²) < 4.78 is 2.28. The van der Waals surface area contributed by atoms with E-state index in [-0.39, 0.29) is 0 Å². The fourth-order valence-corrected chi connectivity index (χ4v) is 6.80. The molecule has 9 rings (SSSR count). The van der Waals surface area contributed by atoms with Gasteiger partial charge >= 0.3 is 0 Å². The summed E-state index contributed by atoms with van der Waals surface area (Å²) in [5, 5.41) is 4.85. The molecule has 0 aliphatic heterocycles. The summed E-state index contributed by atoms with van der Waals surface area (Å²) in [7, 11) is 0. The second-order valence-corrected chi connectivity index (χ2v) is 12.1. The number of hydrogen-bond acceptors (Lipinski definition) is 2. The summed E-state index contributed by atoms with van der Waals surface area (Å²) in [6, 6.07) is 66.8. The lowest BCUT2D eigenvalue weighted by Crippen LogP contribution is -2.09. The highest BCUT2D eigenvalue weighted by Crippen LogP contribution is 2.38. The molecule has 0 saturated heterocycles. The van der Waals surface area contributed by atoms with E-state index in [0.29, 0.717) is 0 Å². The number of anilines is 3. The normalized spacial score (nSPS) is 11.3. The molecule has 0 aliphatic rings. The Hall–Kier alpha value is -6.45. The van der Waals surface area contributed by atoms with Gasteiger partial charge in [-0.2, -0.15) is 0 Å². The van der Waals surface area contributed by atoms with Crippen LogP contribution in [0.3, 0.4) is 0 Å². The Morgan fingerprint density at radius 2 is 0.938 bits per heavy atom. The van der Waals surface area contributed by atoms with Crippen molar-refractivity contribution in [1.82, 2.24) is 9.55 Å². The van der Waals surface area contributed by atoms with Crippen LogP contribution >= 0.6 is 0 Å². The third-order valence-corrected chi connectivity index (χ3v) is 9.17. The predicted molar refractivity (Wildman–Crippen MR) is 202 cm³/mol. The number of aromatic nitrogens is 2. The van der Waals surface area contributed by atoms with Crippen molar-refractivity contribution in [2.45, 2.75) is 0 Å². The van der Waals surface area contributed by atoms with Gasteiger partial charge in [0.2, 0.25) is 0 Å². The van der Waals surface area contributed by atoms with E-state index in [0.717, 1.165) is 50.6 Å². The molecule has 0 saturated carbocycles. The van der Waals surface area contributed by atoms with Gasteiger partial charge in [0.05, 0.1) is 11.0 Å². The van der Waals surface area contributed by atoms with Crippen LogP contribution in [0.1, 0.15) is 0 Å². The standard InChI is InChI=1S/C45H31N3/c1-3-14-38(15-4-1)47(40-26-21-33(22-27-40)37-20-19-32-11-7-8-13-36(32)31-37)41-28-23-35(24-29-41)45-46-44-42-18-10-9-12-34(42)25-30-43(44)48(45)39-16-5-2-6-17-39/h1-31H. The van der Waals surface area contributed by atoms with Gasteiger partial charge in [0, 0.05) is 33.7 Å². The molecule has 0 amide bonds. The van der Waals surface area contributed by atoms with Crippen LogP contribution < -0.4 is 4.90 Å². The molecule has 0 radical (unpaired) electrons. The zero-order valence-corrected chi connectivity index (χ0v) is 26.2. The van der Waals surface area contributed by atoms with Crippen LogP contribution in [-0.4, -0.2) is 9.55 Å². The molecule has 0 N–H and O–H groups in total. The fourth-order valence-electron chi connectivity index (χ4n) is 6.80. The van der Waals surface area contributed by atoms with E-state index in [1.54, 1.807) is 0 Å². The molecule has 3 heteroatoms. The van der Waals surface area contributed by atoms with Crippen LogP contribution in [0.4, 0.5) is 17.1 Å². The molecule has 0 bridgehead atoms. The number of para-hydroxylation sites is 2. The highest BCUT2D eigenvalue weighted by atomic mass is 15.1. The zero-order valence-electron chi connectivity index (χ0n) is 26.2. The van der Waals surface area contributed by atoms with Crippen LogP contribution in [0.25, 0.3) is 60.8 Å². The number of benzene rings is 8. The van der Waals surface area contributed by atoms with E-state index in [9.17, 15) is 0 Å². The van der Waals surface area contributed by atoms with E-state index in [2.05, 4.69) is 198 Å². The lowest BCUT2D eigenvalue weighted by atomic mass is 10.0. The molecular weight excluding hydrogens is 583 g/mol. The first-order valence-corrected chi connectivity index (χ1v) is 16.3. The highest BCUT2D eigenvalue weighted by Gasteiger charge is 2.18. The molecule has 48 heavy (non-hydrogen) atoms. The maximum absolute atomic E-state index is 5.29. The summed E-state index contributed by atoms with van der Waals surface area (Å²) in [4.78, 5) is 7.59. The molecule has 1 heterocycles. The van der Waals surface area contributed by atoms with Gasteiger partial charge in [-0.3, -0.25) is 4.57 Å². The molecule has 9 aromatic rings. The minimum atomic E-state index is 0.921. The number of hydrogen-bond donors (Lipinski definition) is 0. The van der Waals surface area contributed by atoms with Crippen molar-refractivity contribution in [1.29, 1.82) is 0 Å². The molecule has 226 valence electrons. The molecule has 0 spiro atoms. The molecule has 0 unspecified atom stereocenters. The topological polar surface area (TPSA) is 21.1 Å². The van der Waals surface area contributed by atoms with Crippen molar-refractivity contribution in [2.75, 3.05) is 4.90 Å². The average molecular weight is 614 g/mol. The number of nitrogens with zero attached hydrogens (tertiary/aromatic N) is 3. The molecule has 8 aromatic carbocycles. The van der Waals surface area contributed by atoms with E-state index in [1.807, 2.05) is 0 Å². The van der Waals surface area contributed by atoms with E-state index in [4.69, 9.17) is 4.98 Å². The Morgan fingerprint density at radius 3 is 1.67 bits per heavy atom.